The van der Waals surface area contributed by atoms with E-state index in [0.29, 0.717) is 29.1 Å². The molecule has 0 aliphatic carbocycles. The Morgan fingerprint density at radius 3 is 2.59 bits per heavy atom. The molecule has 210 valence electrons. The second-order valence-corrected chi connectivity index (χ2v) is 10.7. The summed E-state index contributed by atoms with van der Waals surface area (Å²) in [6.45, 7) is 10.2. The molecule has 1 unspecified atom stereocenters. The Kier molecular flexibility index (Phi) is 7.17. The molecule has 0 bridgehead atoms. The Morgan fingerprint density at radius 1 is 1.17 bits per heavy atom. The van der Waals surface area contributed by atoms with E-state index in [1.165, 1.54) is 15.5 Å². The number of amides is 1. The Hall–Kier alpha value is -4.85. The molecule has 5 rings (SSSR count). The van der Waals surface area contributed by atoms with Crippen molar-refractivity contribution >= 4 is 22.9 Å². The molecule has 11 heteroatoms. The molecule has 4 aromatic rings. The number of carboxylic acid groups (broad SMARTS) is 1. The summed E-state index contributed by atoms with van der Waals surface area (Å²) < 4.78 is 16.5. The largest absolute Gasteiger partial charge is 0.465 e. The zero-order chi connectivity index (χ0) is 29.6. The number of rotatable bonds is 4. The van der Waals surface area contributed by atoms with E-state index in [1.807, 2.05) is 39.5 Å². The minimum Gasteiger partial charge on any atom is -0.465 e. The van der Waals surface area contributed by atoms with Gasteiger partial charge in [-0.05, 0) is 56.5 Å². The van der Waals surface area contributed by atoms with Crippen LogP contribution >= 0.6 is 0 Å². The van der Waals surface area contributed by atoms with E-state index >= 15 is 4.39 Å². The van der Waals surface area contributed by atoms with Gasteiger partial charge >= 0.3 is 11.8 Å². The first-order valence-electron chi connectivity index (χ1n) is 13.4. The van der Waals surface area contributed by atoms with Gasteiger partial charge in [-0.25, -0.2) is 23.5 Å². The number of benzene rings is 1. The molecule has 0 spiro atoms. The molecule has 1 aliphatic rings. The molecule has 1 aliphatic heterocycles. The smallest absolute Gasteiger partial charge is 0.407 e. The number of aryl methyl sites for hydroxylation is 2. The second-order valence-electron chi connectivity index (χ2n) is 10.7. The first kappa shape index (κ1) is 27.7. The van der Waals surface area contributed by atoms with E-state index in [2.05, 4.69) is 16.0 Å². The maximum absolute atomic E-state index is 15.1. The van der Waals surface area contributed by atoms with Crippen LogP contribution < -0.4 is 10.6 Å². The number of piperazine rings is 1. The van der Waals surface area contributed by atoms with Crippen LogP contribution in [0.2, 0.25) is 0 Å². The van der Waals surface area contributed by atoms with E-state index in [4.69, 9.17) is 4.98 Å². The third kappa shape index (κ3) is 4.86. The molecule has 0 radical (unpaired) electrons. The molecular formula is C30H30FN7O3. The van der Waals surface area contributed by atoms with E-state index in [-0.39, 0.29) is 47.5 Å². The average Bonchev–Trinajstić information content (AvgIpc) is 2.93. The Labute approximate surface area is 236 Å². The average molecular weight is 556 g/mol. The molecule has 1 amide bonds. The van der Waals surface area contributed by atoms with E-state index in [9.17, 15) is 20.0 Å². The number of anilines is 1. The maximum Gasteiger partial charge on any atom is 0.407 e. The monoisotopic (exact) mass is 555 g/mol. The van der Waals surface area contributed by atoms with Crippen LogP contribution in [-0.4, -0.2) is 61.3 Å². The van der Waals surface area contributed by atoms with Crippen molar-refractivity contribution in [3.8, 4) is 23.0 Å². The van der Waals surface area contributed by atoms with Crippen LogP contribution in [0.4, 0.5) is 15.0 Å². The second kappa shape index (κ2) is 10.6. The molecular weight excluding hydrogens is 525 g/mol. The number of pyridine rings is 2. The molecule has 0 saturated carbocycles. The Balaban J connectivity index is 1.88. The Morgan fingerprint density at radius 2 is 1.93 bits per heavy atom. The number of fused-ring (bicyclic) bond motifs is 1. The molecule has 1 aromatic carbocycles. The van der Waals surface area contributed by atoms with Gasteiger partial charge in [-0.15, -0.1) is 0 Å². The summed E-state index contributed by atoms with van der Waals surface area (Å²) in [5, 5.41) is 20.1. The predicted octanol–water partition coefficient (Wildman–Crippen LogP) is 4.78. The van der Waals surface area contributed by atoms with Gasteiger partial charge in [0.1, 0.15) is 17.7 Å². The topological polar surface area (TPSA) is 128 Å². The summed E-state index contributed by atoms with van der Waals surface area (Å²) in [4.78, 5) is 42.6. The summed E-state index contributed by atoms with van der Waals surface area (Å²) in [7, 11) is 0. The molecule has 3 aromatic heterocycles. The molecule has 4 heterocycles. The van der Waals surface area contributed by atoms with Crippen molar-refractivity contribution in [2.75, 3.05) is 24.5 Å². The van der Waals surface area contributed by atoms with Crippen LogP contribution in [-0.2, 0) is 0 Å². The van der Waals surface area contributed by atoms with Crippen LogP contribution in [0, 0.1) is 31.0 Å². The summed E-state index contributed by atoms with van der Waals surface area (Å²) >= 11 is 0. The standard InChI is InChI=1S/C30H30FN7O3/c1-16(2)24-26(18(4)8-9-33-24)38-28-22(13-20(14-32)25(34-28)21-12-17(3)6-7-23(21)31)27(35-29(38)39)37-11-10-36(30(40)41)15-19(37)5/h6-9,12-13,16,19H,10-11,15H2,1-5H3,(H,40,41). The summed E-state index contributed by atoms with van der Waals surface area (Å²) in [6, 6.07) is 9.81. The molecule has 1 saturated heterocycles. The third-order valence-electron chi connectivity index (χ3n) is 7.44. The zero-order valence-corrected chi connectivity index (χ0v) is 23.5. The van der Waals surface area contributed by atoms with E-state index in [0.717, 1.165) is 11.1 Å². The quantitative estimate of drug-likeness (QED) is 0.381. The molecule has 10 nitrogen and oxygen atoms in total. The SMILES string of the molecule is Cc1ccc(F)c(-c2nc3c(cc2C#N)c(N2CCN(C(=O)O)CC2C)nc(=O)n3-c2c(C)ccnc2C(C)C)c1. The normalized spacial score (nSPS) is 15.4. The lowest BCUT2D eigenvalue weighted by atomic mass is 10.0. The number of aromatic nitrogens is 4. The number of hydrogen-bond acceptors (Lipinski definition) is 7. The van der Waals surface area contributed by atoms with Gasteiger partial charge in [-0.3, -0.25) is 4.98 Å². The van der Waals surface area contributed by atoms with Crippen molar-refractivity contribution in [3.63, 3.8) is 0 Å². The lowest BCUT2D eigenvalue weighted by Gasteiger charge is -2.39. The van der Waals surface area contributed by atoms with E-state index in [1.54, 1.807) is 30.5 Å². The van der Waals surface area contributed by atoms with Crippen LogP contribution in [0.1, 0.15) is 49.1 Å². The summed E-state index contributed by atoms with van der Waals surface area (Å²) in [6.07, 6.45) is 0.665. The van der Waals surface area contributed by atoms with Gasteiger partial charge in [-0.2, -0.15) is 10.2 Å². The first-order valence-corrected chi connectivity index (χ1v) is 13.4. The van der Waals surface area contributed by atoms with Gasteiger partial charge in [0.2, 0.25) is 0 Å². The fourth-order valence-electron chi connectivity index (χ4n) is 5.39. The number of halogens is 1. The lowest BCUT2D eigenvalue weighted by molar-refractivity contribution is 0.136. The fraction of sp³-hybridized carbons (Fsp3) is 0.333. The van der Waals surface area contributed by atoms with Gasteiger partial charge in [0.05, 0.1) is 28.0 Å². The van der Waals surface area contributed by atoms with Crippen molar-refractivity contribution in [3.05, 3.63) is 75.2 Å². The minimum atomic E-state index is -1.02. The van der Waals surface area contributed by atoms with Crippen molar-refractivity contribution in [2.45, 2.75) is 46.6 Å². The van der Waals surface area contributed by atoms with Gasteiger partial charge in [-0.1, -0.05) is 25.5 Å². The highest BCUT2D eigenvalue weighted by Crippen LogP contribution is 2.34. The van der Waals surface area contributed by atoms with Crippen LogP contribution in [0.3, 0.4) is 0 Å². The molecule has 1 N–H and O–H groups in total. The summed E-state index contributed by atoms with van der Waals surface area (Å²) in [5.74, 6) is -0.282. The lowest BCUT2D eigenvalue weighted by Crippen LogP contribution is -2.54. The van der Waals surface area contributed by atoms with Crippen molar-refractivity contribution < 1.29 is 14.3 Å². The molecule has 1 atom stereocenters. The van der Waals surface area contributed by atoms with Gasteiger partial charge in [0.15, 0.2) is 5.65 Å². The predicted molar refractivity (Wildman–Crippen MR) is 153 cm³/mol. The number of hydrogen-bond donors (Lipinski definition) is 1. The van der Waals surface area contributed by atoms with Crippen LogP contribution in [0.25, 0.3) is 28.0 Å². The van der Waals surface area contributed by atoms with Gasteiger partial charge in [0.25, 0.3) is 0 Å². The minimum absolute atomic E-state index is 0.0392. The van der Waals surface area contributed by atoms with Gasteiger partial charge in [0, 0.05) is 37.4 Å². The van der Waals surface area contributed by atoms with E-state index < -0.39 is 17.6 Å². The fourth-order valence-corrected chi connectivity index (χ4v) is 5.39. The first-order chi connectivity index (χ1) is 19.5. The van der Waals surface area contributed by atoms with Crippen LogP contribution in [0.5, 0.6) is 0 Å². The number of nitriles is 1. The number of carbonyl (C=O) groups is 1. The third-order valence-corrected chi connectivity index (χ3v) is 7.44. The van der Waals surface area contributed by atoms with Crippen molar-refractivity contribution in [2.24, 2.45) is 0 Å². The number of nitrogens with zero attached hydrogens (tertiary/aromatic N) is 7. The van der Waals surface area contributed by atoms with Crippen molar-refractivity contribution in [1.29, 1.82) is 5.26 Å². The highest BCUT2D eigenvalue weighted by Gasteiger charge is 2.31. The molecule has 41 heavy (non-hydrogen) atoms. The molecule has 1 fully saturated rings. The van der Waals surface area contributed by atoms with Gasteiger partial charge < -0.3 is 14.9 Å². The summed E-state index contributed by atoms with van der Waals surface area (Å²) in [5.41, 5.74) is 2.76. The van der Waals surface area contributed by atoms with Crippen molar-refractivity contribution in [1.82, 2.24) is 24.4 Å². The highest BCUT2D eigenvalue weighted by atomic mass is 19.1. The maximum atomic E-state index is 15.1. The zero-order valence-electron chi connectivity index (χ0n) is 23.5. The highest BCUT2D eigenvalue weighted by molar-refractivity contribution is 5.92. The van der Waals surface area contributed by atoms with Crippen LogP contribution in [0.15, 0.2) is 41.3 Å². The Bertz CT molecular complexity index is 1790.